The molecule has 0 unspecified atom stereocenters. The SMILES string of the molecule is CONC(=O)C1CCN(c2cnccn2)CC1. The zero-order valence-electron chi connectivity index (χ0n) is 9.80. The van der Waals surface area contributed by atoms with Crippen molar-refractivity contribution in [1.82, 2.24) is 15.4 Å². The lowest BCUT2D eigenvalue weighted by molar-refractivity contribution is -0.136. The average molecular weight is 236 g/mol. The molecule has 1 saturated heterocycles. The quantitative estimate of drug-likeness (QED) is 0.768. The smallest absolute Gasteiger partial charge is 0.246 e. The minimum absolute atomic E-state index is 0.0304. The van der Waals surface area contributed by atoms with Gasteiger partial charge in [0.1, 0.15) is 5.82 Å². The third kappa shape index (κ3) is 2.91. The van der Waals surface area contributed by atoms with Crippen molar-refractivity contribution in [1.29, 1.82) is 0 Å². The fraction of sp³-hybridized carbons (Fsp3) is 0.545. The minimum atomic E-state index is -0.0358. The van der Waals surface area contributed by atoms with E-state index in [1.165, 1.54) is 7.11 Å². The molecule has 6 nitrogen and oxygen atoms in total. The van der Waals surface area contributed by atoms with Crippen molar-refractivity contribution in [2.24, 2.45) is 5.92 Å². The molecule has 0 radical (unpaired) electrons. The van der Waals surface area contributed by atoms with Crippen LogP contribution in [-0.2, 0) is 9.63 Å². The minimum Gasteiger partial charge on any atom is -0.355 e. The van der Waals surface area contributed by atoms with Crippen LogP contribution in [0.25, 0.3) is 0 Å². The largest absolute Gasteiger partial charge is 0.355 e. The Morgan fingerprint density at radius 3 is 2.82 bits per heavy atom. The highest BCUT2D eigenvalue weighted by Gasteiger charge is 2.25. The third-order valence-electron chi connectivity index (χ3n) is 2.94. The molecule has 1 aromatic rings. The van der Waals surface area contributed by atoms with E-state index in [1.807, 2.05) is 0 Å². The number of carbonyl (C=O) groups is 1. The van der Waals surface area contributed by atoms with E-state index in [9.17, 15) is 4.79 Å². The van der Waals surface area contributed by atoms with E-state index < -0.39 is 0 Å². The number of hydrogen-bond acceptors (Lipinski definition) is 5. The number of hydrogen-bond donors (Lipinski definition) is 1. The summed E-state index contributed by atoms with van der Waals surface area (Å²) in [6.07, 6.45) is 6.70. The number of rotatable bonds is 3. The second-order valence-corrected chi connectivity index (χ2v) is 4.00. The summed E-state index contributed by atoms with van der Waals surface area (Å²) >= 11 is 0. The average Bonchev–Trinajstić information content (AvgIpc) is 2.40. The van der Waals surface area contributed by atoms with Gasteiger partial charge in [-0.3, -0.25) is 14.6 Å². The zero-order chi connectivity index (χ0) is 12.1. The monoisotopic (exact) mass is 236 g/mol. The summed E-state index contributed by atoms with van der Waals surface area (Å²) in [7, 11) is 1.45. The third-order valence-corrected chi connectivity index (χ3v) is 2.94. The predicted octanol–water partition coefficient (Wildman–Crippen LogP) is 0.371. The zero-order valence-corrected chi connectivity index (χ0v) is 9.80. The summed E-state index contributed by atoms with van der Waals surface area (Å²) in [5.41, 5.74) is 2.38. The molecule has 0 spiro atoms. The van der Waals surface area contributed by atoms with Crippen molar-refractivity contribution in [3.05, 3.63) is 18.6 Å². The van der Waals surface area contributed by atoms with E-state index in [1.54, 1.807) is 18.6 Å². The molecule has 1 aromatic heterocycles. The van der Waals surface area contributed by atoms with Crippen molar-refractivity contribution in [2.75, 3.05) is 25.1 Å². The second kappa shape index (κ2) is 5.58. The molecule has 1 N–H and O–H groups in total. The molecule has 0 aliphatic carbocycles. The normalized spacial score (nSPS) is 16.9. The van der Waals surface area contributed by atoms with E-state index >= 15 is 0 Å². The van der Waals surface area contributed by atoms with Crippen molar-refractivity contribution in [3.63, 3.8) is 0 Å². The highest BCUT2D eigenvalue weighted by atomic mass is 16.6. The number of aromatic nitrogens is 2. The summed E-state index contributed by atoms with van der Waals surface area (Å²) in [4.78, 5) is 26.6. The number of amides is 1. The van der Waals surface area contributed by atoms with E-state index in [2.05, 4.69) is 25.2 Å². The molecular weight excluding hydrogens is 220 g/mol. The Kier molecular flexibility index (Phi) is 3.87. The Balaban J connectivity index is 1.88. The fourth-order valence-corrected chi connectivity index (χ4v) is 2.01. The van der Waals surface area contributed by atoms with E-state index in [4.69, 9.17) is 0 Å². The van der Waals surface area contributed by atoms with Crippen molar-refractivity contribution >= 4 is 11.7 Å². The van der Waals surface area contributed by atoms with Crippen LogP contribution < -0.4 is 10.4 Å². The van der Waals surface area contributed by atoms with Crippen LogP contribution in [0.2, 0.25) is 0 Å². The second-order valence-electron chi connectivity index (χ2n) is 4.00. The first-order valence-electron chi connectivity index (χ1n) is 5.65. The summed E-state index contributed by atoms with van der Waals surface area (Å²) in [5, 5.41) is 0. The van der Waals surface area contributed by atoms with Gasteiger partial charge in [-0.2, -0.15) is 0 Å². The summed E-state index contributed by atoms with van der Waals surface area (Å²) in [6, 6.07) is 0. The first-order chi connectivity index (χ1) is 8.31. The number of nitrogens with one attached hydrogen (secondary N) is 1. The molecule has 17 heavy (non-hydrogen) atoms. The van der Waals surface area contributed by atoms with Gasteiger partial charge < -0.3 is 4.90 Å². The number of anilines is 1. The van der Waals surface area contributed by atoms with Crippen LogP contribution in [0.3, 0.4) is 0 Å². The van der Waals surface area contributed by atoms with Gasteiger partial charge >= 0.3 is 0 Å². The first-order valence-corrected chi connectivity index (χ1v) is 5.65. The van der Waals surface area contributed by atoms with Gasteiger partial charge in [0.05, 0.1) is 13.3 Å². The maximum absolute atomic E-state index is 11.6. The molecule has 1 aliphatic heterocycles. The first kappa shape index (κ1) is 11.8. The Morgan fingerprint density at radius 2 is 2.24 bits per heavy atom. The lowest BCUT2D eigenvalue weighted by Gasteiger charge is -2.31. The van der Waals surface area contributed by atoms with Crippen LogP contribution in [0, 0.1) is 5.92 Å². The Labute approximate surface area is 100.0 Å². The van der Waals surface area contributed by atoms with Crippen LogP contribution in [0.15, 0.2) is 18.6 Å². The van der Waals surface area contributed by atoms with Gasteiger partial charge in [0.15, 0.2) is 0 Å². The fourth-order valence-electron chi connectivity index (χ4n) is 2.01. The summed E-state index contributed by atoms with van der Waals surface area (Å²) < 4.78 is 0. The van der Waals surface area contributed by atoms with Gasteiger partial charge in [-0.1, -0.05) is 0 Å². The number of carbonyl (C=O) groups excluding carboxylic acids is 1. The Hall–Kier alpha value is -1.69. The Bertz CT molecular complexity index is 363. The lowest BCUT2D eigenvalue weighted by atomic mass is 9.96. The van der Waals surface area contributed by atoms with Crippen LogP contribution in [-0.4, -0.2) is 36.1 Å². The van der Waals surface area contributed by atoms with Gasteiger partial charge in [0.2, 0.25) is 5.91 Å². The van der Waals surface area contributed by atoms with E-state index in [0.717, 1.165) is 31.7 Å². The van der Waals surface area contributed by atoms with Crippen LogP contribution in [0.4, 0.5) is 5.82 Å². The maximum atomic E-state index is 11.6. The number of hydroxylamine groups is 1. The highest BCUT2D eigenvalue weighted by molar-refractivity contribution is 5.77. The number of nitrogens with zero attached hydrogens (tertiary/aromatic N) is 3. The molecule has 1 fully saturated rings. The van der Waals surface area contributed by atoms with Gasteiger partial charge in [0.25, 0.3) is 0 Å². The number of piperidine rings is 1. The van der Waals surface area contributed by atoms with Gasteiger partial charge in [-0.15, -0.1) is 0 Å². The van der Waals surface area contributed by atoms with Crippen molar-refractivity contribution < 1.29 is 9.63 Å². The molecule has 0 atom stereocenters. The molecule has 1 amide bonds. The van der Waals surface area contributed by atoms with Crippen molar-refractivity contribution in [2.45, 2.75) is 12.8 Å². The van der Waals surface area contributed by atoms with Crippen LogP contribution >= 0.6 is 0 Å². The molecule has 1 aliphatic rings. The van der Waals surface area contributed by atoms with E-state index in [-0.39, 0.29) is 11.8 Å². The van der Waals surface area contributed by atoms with Crippen LogP contribution in [0.1, 0.15) is 12.8 Å². The highest BCUT2D eigenvalue weighted by Crippen LogP contribution is 2.20. The molecule has 6 heteroatoms. The van der Waals surface area contributed by atoms with Crippen molar-refractivity contribution in [3.8, 4) is 0 Å². The van der Waals surface area contributed by atoms with Gasteiger partial charge in [-0.25, -0.2) is 10.5 Å². The molecule has 92 valence electrons. The van der Waals surface area contributed by atoms with Gasteiger partial charge in [0, 0.05) is 31.4 Å². The molecule has 0 bridgehead atoms. The topological polar surface area (TPSA) is 67.3 Å². The predicted molar refractivity (Wildman–Crippen MR) is 62.1 cm³/mol. The van der Waals surface area contributed by atoms with Crippen LogP contribution in [0.5, 0.6) is 0 Å². The lowest BCUT2D eigenvalue weighted by Crippen LogP contribution is -2.40. The molecule has 2 rings (SSSR count). The maximum Gasteiger partial charge on any atom is 0.246 e. The summed E-state index contributed by atoms with van der Waals surface area (Å²) in [6.45, 7) is 1.64. The summed E-state index contributed by atoms with van der Waals surface area (Å²) in [5.74, 6) is 0.868. The standard InChI is InChI=1S/C11H16N4O2/c1-17-14-11(16)9-2-6-15(7-3-9)10-8-12-4-5-13-10/h4-5,8-9H,2-3,6-7H2,1H3,(H,14,16). The molecule has 0 aromatic carbocycles. The molecule has 2 heterocycles. The van der Waals surface area contributed by atoms with Gasteiger partial charge in [-0.05, 0) is 12.8 Å². The molecular formula is C11H16N4O2. The molecule has 0 saturated carbocycles. The Morgan fingerprint density at radius 1 is 1.47 bits per heavy atom. The van der Waals surface area contributed by atoms with E-state index in [0.29, 0.717) is 0 Å².